The third-order valence-electron chi connectivity index (χ3n) is 8.44. The molecule has 0 unspecified atom stereocenters. The third-order valence-corrected chi connectivity index (χ3v) is 9.78. The van der Waals surface area contributed by atoms with E-state index >= 15 is 4.39 Å². The minimum atomic E-state index is -0.469. The summed E-state index contributed by atoms with van der Waals surface area (Å²) in [6, 6.07) is 12.7. The van der Waals surface area contributed by atoms with Crippen molar-refractivity contribution in [2.75, 3.05) is 35.6 Å². The molecular formula is C32H30ClFN6O2S. The molecular weight excluding hydrogens is 587 g/mol. The highest BCUT2D eigenvalue weighted by Gasteiger charge is 2.51. The molecule has 2 aromatic heterocycles. The molecule has 3 aliphatic rings. The zero-order chi connectivity index (χ0) is 30.0. The summed E-state index contributed by atoms with van der Waals surface area (Å²) in [6.45, 7) is 9.36. The number of carbonyl (C=O) groups excluding carboxylic acids is 1. The van der Waals surface area contributed by atoms with Gasteiger partial charge in [0.1, 0.15) is 11.6 Å². The lowest BCUT2D eigenvalue weighted by molar-refractivity contribution is -0.126. The van der Waals surface area contributed by atoms with Crippen molar-refractivity contribution in [1.29, 1.82) is 0 Å². The van der Waals surface area contributed by atoms with E-state index in [0.29, 0.717) is 47.9 Å². The Morgan fingerprint density at radius 3 is 2.79 bits per heavy atom. The molecule has 7 rings (SSSR count). The number of halogens is 2. The molecule has 2 aromatic carbocycles. The van der Waals surface area contributed by atoms with Gasteiger partial charge in [-0.2, -0.15) is 4.98 Å². The summed E-state index contributed by atoms with van der Waals surface area (Å²) in [6.07, 6.45) is 2.11. The van der Waals surface area contributed by atoms with Gasteiger partial charge in [-0.05, 0) is 48.2 Å². The summed E-state index contributed by atoms with van der Waals surface area (Å²) >= 11 is 8.55. The summed E-state index contributed by atoms with van der Waals surface area (Å²) in [5.41, 5.74) is 2.70. The van der Waals surface area contributed by atoms with Crippen LogP contribution in [-0.2, 0) is 4.79 Å². The first-order valence-electron chi connectivity index (χ1n) is 14.4. The molecule has 1 amide bonds. The summed E-state index contributed by atoms with van der Waals surface area (Å²) in [4.78, 5) is 41.2. The Morgan fingerprint density at radius 2 is 2.00 bits per heavy atom. The Hall–Kier alpha value is -3.89. The van der Waals surface area contributed by atoms with Crippen LogP contribution < -0.4 is 15.9 Å². The second-order valence-corrected chi connectivity index (χ2v) is 12.9. The van der Waals surface area contributed by atoms with E-state index in [1.165, 1.54) is 12.1 Å². The minimum absolute atomic E-state index is 0.0177. The molecule has 43 heavy (non-hydrogen) atoms. The van der Waals surface area contributed by atoms with E-state index in [9.17, 15) is 9.59 Å². The Bertz CT molecular complexity index is 1880. The first-order valence-corrected chi connectivity index (χ1v) is 15.8. The summed E-state index contributed by atoms with van der Waals surface area (Å²) in [5, 5.41) is 4.22. The van der Waals surface area contributed by atoms with Gasteiger partial charge in [0, 0.05) is 36.0 Å². The Kier molecular flexibility index (Phi) is 6.93. The summed E-state index contributed by atoms with van der Waals surface area (Å²) in [7, 11) is 0. The molecule has 0 spiro atoms. The number of thioether (sulfide) groups is 1. The first kappa shape index (κ1) is 27.9. The number of amides is 1. The Morgan fingerprint density at radius 1 is 1.19 bits per heavy atom. The molecule has 220 valence electrons. The number of aromatic nitrogens is 3. The fraction of sp³-hybridized carbons (Fsp3) is 0.312. The van der Waals surface area contributed by atoms with E-state index in [-0.39, 0.29) is 40.2 Å². The van der Waals surface area contributed by atoms with Crippen LogP contribution in [0.5, 0.6) is 0 Å². The topological polar surface area (TPSA) is 83.4 Å². The normalized spacial score (nSPS) is 19.2. The van der Waals surface area contributed by atoms with Crippen molar-refractivity contribution in [3.05, 3.63) is 82.0 Å². The van der Waals surface area contributed by atoms with Crippen LogP contribution in [0.2, 0.25) is 5.02 Å². The molecule has 1 N–H and O–H groups in total. The maximum atomic E-state index is 15.5. The maximum Gasteiger partial charge on any atom is 0.355 e. The van der Waals surface area contributed by atoms with Crippen LogP contribution in [0.1, 0.15) is 31.7 Å². The van der Waals surface area contributed by atoms with Crippen LogP contribution in [0.3, 0.4) is 0 Å². The van der Waals surface area contributed by atoms with Gasteiger partial charge in [0.2, 0.25) is 5.91 Å². The lowest BCUT2D eigenvalue weighted by Crippen LogP contribution is -2.49. The highest BCUT2D eigenvalue weighted by atomic mass is 35.5. The zero-order valence-corrected chi connectivity index (χ0v) is 25.4. The summed E-state index contributed by atoms with van der Waals surface area (Å²) < 4.78 is 17.1. The number of fused-ring (bicyclic) bond motifs is 6. The number of nitrogens with one attached hydrogen (secondary N) is 1. The van der Waals surface area contributed by atoms with E-state index in [4.69, 9.17) is 16.6 Å². The molecule has 2 atom stereocenters. The average molecular weight is 617 g/mol. The van der Waals surface area contributed by atoms with Gasteiger partial charge in [0.15, 0.2) is 5.65 Å². The third kappa shape index (κ3) is 4.58. The fourth-order valence-electron chi connectivity index (χ4n) is 6.36. The van der Waals surface area contributed by atoms with Gasteiger partial charge >= 0.3 is 5.69 Å². The van der Waals surface area contributed by atoms with Crippen molar-refractivity contribution in [3.63, 3.8) is 0 Å². The van der Waals surface area contributed by atoms with E-state index < -0.39 is 11.5 Å². The lowest BCUT2D eigenvalue weighted by atomic mass is 10.0. The molecule has 2 bridgehead atoms. The highest BCUT2D eigenvalue weighted by molar-refractivity contribution is 7.99. The number of carbonyl (C=O) groups is 1. The Labute approximate surface area is 257 Å². The lowest BCUT2D eigenvalue weighted by Gasteiger charge is -2.35. The van der Waals surface area contributed by atoms with Crippen molar-refractivity contribution in [3.8, 4) is 16.9 Å². The largest absolute Gasteiger partial charge is 0.384 e. The number of benzene rings is 2. The first-order chi connectivity index (χ1) is 20.8. The number of anilines is 2. The number of rotatable bonds is 3. The maximum absolute atomic E-state index is 15.5. The SMILES string of the molecule is C=CC(=O)N1CCN(c2nc(=O)n3c4nc(c(Cl)cc24)-c2c(F)cccc2NCCSc2cccc(C(C)C)c2-3)[C@@H]2C[C@@H]21. The zero-order valence-electron chi connectivity index (χ0n) is 23.8. The smallest absolute Gasteiger partial charge is 0.355 e. The van der Waals surface area contributed by atoms with Crippen molar-refractivity contribution in [2.45, 2.75) is 43.2 Å². The standard InChI is InChI=1S/C32H30ClFN6O2S/c1-4-26(41)38-12-13-39(24-16-23(24)38)30-19-15-20(33)28-27-21(34)8-6-9-22(27)35-11-14-43-25-10-5-7-18(17(2)3)29(25)40(31(19)36-28)32(42)37-30/h4-10,15,17,23-24,35H,1,11-14,16H2,2-3H3/t23-,24+/m0/s1. The second kappa shape index (κ2) is 10.7. The van der Waals surface area contributed by atoms with Gasteiger partial charge in [0.25, 0.3) is 0 Å². The number of hydrogen-bond acceptors (Lipinski definition) is 7. The van der Waals surface area contributed by atoms with E-state index in [2.05, 4.69) is 35.6 Å². The predicted octanol–water partition coefficient (Wildman–Crippen LogP) is 5.86. The van der Waals surface area contributed by atoms with Crippen LogP contribution >= 0.6 is 23.4 Å². The highest BCUT2D eigenvalue weighted by Crippen LogP contribution is 2.44. The molecule has 4 aromatic rings. The van der Waals surface area contributed by atoms with Crippen molar-refractivity contribution in [1.82, 2.24) is 19.4 Å². The van der Waals surface area contributed by atoms with Crippen LogP contribution in [0.4, 0.5) is 15.9 Å². The molecule has 4 heterocycles. The molecule has 1 saturated heterocycles. The molecule has 1 aliphatic carbocycles. The van der Waals surface area contributed by atoms with E-state index in [0.717, 1.165) is 22.6 Å². The molecule has 0 radical (unpaired) electrons. The molecule has 2 aliphatic heterocycles. The summed E-state index contributed by atoms with van der Waals surface area (Å²) in [5.74, 6) is 0.709. The van der Waals surface area contributed by atoms with E-state index in [1.54, 1.807) is 28.5 Å². The van der Waals surface area contributed by atoms with Crippen LogP contribution in [0.15, 0.2) is 64.8 Å². The number of nitrogens with zero attached hydrogens (tertiary/aromatic N) is 5. The van der Waals surface area contributed by atoms with Crippen molar-refractivity contribution in [2.24, 2.45) is 0 Å². The molecule has 1 saturated carbocycles. The van der Waals surface area contributed by atoms with Gasteiger partial charge < -0.3 is 15.1 Å². The van der Waals surface area contributed by atoms with Crippen molar-refractivity contribution < 1.29 is 9.18 Å². The van der Waals surface area contributed by atoms with Crippen LogP contribution in [0, 0.1) is 5.82 Å². The van der Waals surface area contributed by atoms with Crippen LogP contribution in [-0.4, -0.2) is 62.8 Å². The van der Waals surface area contributed by atoms with Crippen LogP contribution in [0.25, 0.3) is 28.0 Å². The Balaban J connectivity index is 1.53. The monoisotopic (exact) mass is 616 g/mol. The number of piperazine rings is 1. The van der Waals surface area contributed by atoms with Crippen molar-refractivity contribution >= 4 is 51.8 Å². The molecule has 11 heteroatoms. The fourth-order valence-corrected chi connectivity index (χ4v) is 7.55. The predicted molar refractivity (Wildman–Crippen MR) is 170 cm³/mol. The van der Waals surface area contributed by atoms with Gasteiger partial charge in [-0.3, -0.25) is 4.79 Å². The van der Waals surface area contributed by atoms with Gasteiger partial charge in [-0.1, -0.05) is 50.2 Å². The van der Waals surface area contributed by atoms with Gasteiger partial charge in [-0.25, -0.2) is 18.7 Å². The number of pyridine rings is 1. The van der Waals surface area contributed by atoms with Gasteiger partial charge in [-0.15, -0.1) is 11.8 Å². The number of hydrogen-bond donors (Lipinski definition) is 1. The number of para-hydroxylation sites is 1. The molecule has 2 fully saturated rings. The second-order valence-electron chi connectivity index (χ2n) is 11.3. The quantitative estimate of drug-likeness (QED) is 0.289. The average Bonchev–Trinajstić information content (AvgIpc) is 3.79. The van der Waals surface area contributed by atoms with Gasteiger partial charge in [0.05, 0.1) is 39.4 Å². The van der Waals surface area contributed by atoms with E-state index in [1.807, 2.05) is 29.2 Å². The minimum Gasteiger partial charge on any atom is -0.384 e. The molecule has 8 nitrogen and oxygen atoms in total.